The van der Waals surface area contributed by atoms with Gasteiger partial charge in [-0.1, -0.05) is 70.0 Å². The summed E-state index contributed by atoms with van der Waals surface area (Å²) >= 11 is 3.35. The molecular formula is C30H21BrN2O6S. The summed E-state index contributed by atoms with van der Waals surface area (Å²) in [7, 11) is -4.24. The average molecular weight is 617 g/mol. The molecule has 0 spiro atoms. The van der Waals surface area contributed by atoms with Crippen molar-refractivity contribution in [2.45, 2.75) is 11.8 Å². The first kappa shape index (κ1) is 27.0. The fourth-order valence-electron chi connectivity index (χ4n) is 4.07. The predicted molar refractivity (Wildman–Crippen MR) is 154 cm³/mol. The topological polar surface area (TPSA) is 101 Å². The summed E-state index contributed by atoms with van der Waals surface area (Å²) in [6.45, 7) is 1.83. The number of hydrogen-bond acceptors (Lipinski definition) is 6. The molecule has 0 N–H and O–H groups in total. The molecule has 8 nitrogen and oxygen atoms in total. The molecule has 200 valence electrons. The quantitative estimate of drug-likeness (QED) is 0.147. The molecule has 0 aromatic heterocycles. The summed E-state index contributed by atoms with van der Waals surface area (Å²) in [5, 5.41) is 0. The van der Waals surface area contributed by atoms with Crippen LogP contribution in [0.3, 0.4) is 0 Å². The van der Waals surface area contributed by atoms with Crippen molar-refractivity contribution in [1.29, 1.82) is 0 Å². The third kappa shape index (κ3) is 5.31. The standard InChI is InChI=1S/C30H21BrN2O6S/c1-20-12-15-25(16-13-20)40(37,38)39-27-17-14-22(31)18-21(27)19-26-28(34)32(23-8-4-2-5-9-23)30(36)33(29(26)35)24-10-6-3-7-11-24/h2-19H,1H3. The van der Waals surface area contributed by atoms with Gasteiger partial charge in [-0.3, -0.25) is 9.59 Å². The molecule has 0 unspecified atom stereocenters. The zero-order chi connectivity index (χ0) is 28.4. The van der Waals surface area contributed by atoms with E-state index in [2.05, 4.69) is 15.9 Å². The Balaban J connectivity index is 1.63. The molecular weight excluding hydrogens is 596 g/mol. The molecule has 0 radical (unpaired) electrons. The van der Waals surface area contributed by atoms with Gasteiger partial charge in [-0.2, -0.15) is 8.42 Å². The number of imide groups is 2. The largest absolute Gasteiger partial charge is 0.378 e. The van der Waals surface area contributed by atoms with Crippen molar-refractivity contribution in [3.8, 4) is 5.75 Å². The van der Waals surface area contributed by atoms with Crippen LogP contribution in [-0.2, 0) is 19.7 Å². The Morgan fingerprint density at radius 3 is 1.77 bits per heavy atom. The third-order valence-corrected chi connectivity index (χ3v) is 7.80. The van der Waals surface area contributed by atoms with Crippen LogP contribution in [0, 0.1) is 6.92 Å². The van der Waals surface area contributed by atoms with Gasteiger partial charge < -0.3 is 4.18 Å². The summed E-state index contributed by atoms with van der Waals surface area (Å²) in [6.07, 6.45) is 1.23. The molecule has 4 amide bonds. The van der Waals surface area contributed by atoms with Gasteiger partial charge in [-0.05, 0) is 67.6 Å². The Bertz CT molecular complexity index is 1690. The normalized spacial score (nSPS) is 13.9. The molecule has 4 aromatic rings. The van der Waals surface area contributed by atoms with Gasteiger partial charge in [0.2, 0.25) is 0 Å². The number of benzene rings is 4. The Hall–Kier alpha value is -4.54. The van der Waals surface area contributed by atoms with Crippen LogP contribution < -0.4 is 14.0 Å². The van der Waals surface area contributed by atoms with Gasteiger partial charge in [0, 0.05) is 10.0 Å². The number of para-hydroxylation sites is 2. The summed E-state index contributed by atoms with van der Waals surface area (Å²) in [4.78, 5) is 42.6. The van der Waals surface area contributed by atoms with Gasteiger partial charge in [-0.15, -0.1) is 0 Å². The van der Waals surface area contributed by atoms with Gasteiger partial charge in [0.25, 0.3) is 11.8 Å². The van der Waals surface area contributed by atoms with Crippen LogP contribution in [0.2, 0.25) is 0 Å². The van der Waals surface area contributed by atoms with Gasteiger partial charge in [0.1, 0.15) is 16.2 Å². The average Bonchev–Trinajstić information content (AvgIpc) is 2.94. The van der Waals surface area contributed by atoms with Gasteiger partial charge in [0.15, 0.2) is 0 Å². The predicted octanol–water partition coefficient (Wildman–Crippen LogP) is 6.11. The van der Waals surface area contributed by atoms with Crippen molar-refractivity contribution in [3.63, 3.8) is 0 Å². The van der Waals surface area contributed by atoms with Gasteiger partial charge in [0.05, 0.1) is 11.4 Å². The Labute approximate surface area is 239 Å². The first-order valence-electron chi connectivity index (χ1n) is 12.0. The first-order valence-corrected chi connectivity index (χ1v) is 14.2. The number of urea groups is 1. The Morgan fingerprint density at radius 1 is 0.725 bits per heavy atom. The maximum atomic E-state index is 13.7. The first-order chi connectivity index (χ1) is 19.2. The number of anilines is 2. The summed E-state index contributed by atoms with van der Waals surface area (Å²) in [6, 6.07) is 26.3. The molecule has 1 aliphatic heterocycles. The molecule has 5 rings (SSSR count). The number of barbiturate groups is 1. The van der Waals surface area contributed by atoms with Crippen LogP contribution in [0.5, 0.6) is 5.75 Å². The summed E-state index contributed by atoms with van der Waals surface area (Å²) in [5.41, 5.74) is 1.19. The minimum atomic E-state index is -4.24. The van der Waals surface area contributed by atoms with E-state index in [0.29, 0.717) is 4.47 Å². The molecule has 10 heteroatoms. The van der Waals surface area contributed by atoms with Gasteiger partial charge in [-0.25, -0.2) is 14.6 Å². The molecule has 0 saturated carbocycles. The second-order valence-corrected chi connectivity index (χ2v) is 11.3. The van der Waals surface area contributed by atoms with Crippen LogP contribution in [-0.4, -0.2) is 26.3 Å². The number of carbonyl (C=O) groups excluding carboxylic acids is 3. The molecule has 1 aliphatic rings. The van der Waals surface area contributed by atoms with Gasteiger partial charge >= 0.3 is 16.1 Å². The number of carbonyl (C=O) groups is 3. The molecule has 1 saturated heterocycles. The van der Waals surface area contributed by atoms with Crippen molar-refractivity contribution in [3.05, 3.63) is 124 Å². The van der Waals surface area contributed by atoms with E-state index in [1.165, 1.54) is 30.3 Å². The van der Waals surface area contributed by atoms with Crippen LogP contribution >= 0.6 is 15.9 Å². The highest BCUT2D eigenvalue weighted by Gasteiger charge is 2.43. The lowest BCUT2D eigenvalue weighted by Crippen LogP contribution is -2.57. The number of rotatable bonds is 6. The number of hydrogen-bond donors (Lipinski definition) is 0. The van der Waals surface area contributed by atoms with Crippen LogP contribution in [0.4, 0.5) is 16.2 Å². The van der Waals surface area contributed by atoms with E-state index in [1.54, 1.807) is 78.9 Å². The maximum Gasteiger partial charge on any atom is 0.343 e. The van der Waals surface area contributed by atoms with E-state index >= 15 is 0 Å². The highest BCUT2D eigenvalue weighted by molar-refractivity contribution is 9.10. The van der Waals surface area contributed by atoms with E-state index in [1.807, 2.05) is 6.92 Å². The lowest BCUT2D eigenvalue weighted by Gasteiger charge is -2.34. The fraction of sp³-hybridized carbons (Fsp3) is 0.0333. The third-order valence-electron chi connectivity index (χ3n) is 6.06. The number of halogens is 1. The van der Waals surface area contributed by atoms with E-state index in [4.69, 9.17) is 4.18 Å². The van der Waals surface area contributed by atoms with E-state index in [0.717, 1.165) is 15.4 Å². The number of amides is 4. The highest BCUT2D eigenvalue weighted by Crippen LogP contribution is 2.33. The Kier molecular flexibility index (Phi) is 7.38. The van der Waals surface area contributed by atoms with E-state index in [-0.39, 0.29) is 33.2 Å². The second kappa shape index (κ2) is 10.9. The lowest BCUT2D eigenvalue weighted by atomic mass is 10.0. The highest BCUT2D eigenvalue weighted by atomic mass is 79.9. The summed E-state index contributed by atoms with van der Waals surface area (Å²) < 4.78 is 32.1. The molecule has 1 heterocycles. The van der Waals surface area contributed by atoms with Crippen molar-refractivity contribution < 1.29 is 27.0 Å². The Morgan fingerprint density at radius 2 is 1.25 bits per heavy atom. The minimum Gasteiger partial charge on any atom is -0.378 e. The van der Waals surface area contributed by atoms with Crippen LogP contribution in [0.1, 0.15) is 11.1 Å². The molecule has 40 heavy (non-hydrogen) atoms. The molecule has 4 aromatic carbocycles. The second-order valence-electron chi connectivity index (χ2n) is 8.83. The zero-order valence-electron chi connectivity index (χ0n) is 21.0. The SMILES string of the molecule is Cc1ccc(S(=O)(=O)Oc2ccc(Br)cc2C=C2C(=O)N(c3ccccc3)C(=O)N(c3ccccc3)C2=O)cc1. The van der Waals surface area contributed by atoms with Crippen LogP contribution in [0.15, 0.2) is 118 Å². The summed E-state index contributed by atoms with van der Waals surface area (Å²) in [5.74, 6) is -1.83. The smallest absolute Gasteiger partial charge is 0.343 e. The molecule has 0 aliphatic carbocycles. The fourth-order valence-corrected chi connectivity index (χ4v) is 5.41. The van der Waals surface area contributed by atoms with Crippen LogP contribution in [0.25, 0.3) is 6.08 Å². The number of nitrogens with zero attached hydrogens (tertiary/aromatic N) is 2. The zero-order valence-corrected chi connectivity index (χ0v) is 23.4. The van der Waals surface area contributed by atoms with Crippen molar-refractivity contribution in [2.24, 2.45) is 0 Å². The molecule has 1 fully saturated rings. The number of aryl methyl sites for hydroxylation is 1. The molecule has 0 atom stereocenters. The van der Waals surface area contributed by atoms with Crippen molar-refractivity contribution >= 4 is 61.3 Å². The van der Waals surface area contributed by atoms with Crippen molar-refractivity contribution in [1.82, 2.24) is 0 Å². The van der Waals surface area contributed by atoms with E-state index < -0.39 is 28.0 Å². The van der Waals surface area contributed by atoms with Crippen molar-refractivity contribution in [2.75, 3.05) is 9.80 Å². The maximum absolute atomic E-state index is 13.7. The monoisotopic (exact) mass is 616 g/mol. The minimum absolute atomic E-state index is 0.0551. The molecule has 0 bridgehead atoms. The van der Waals surface area contributed by atoms with E-state index in [9.17, 15) is 22.8 Å². The lowest BCUT2D eigenvalue weighted by molar-refractivity contribution is -0.121.